The fourth-order valence-corrected chi connectivity index (χ4v) is 1.99. The molecule has 0 aliphatic rings. The van der Waals surface area contributed by atoms with Crippen molar-refractivity contribution >= 4 is 34.8 Å². The lowest BCUT2D eigenvalue weighted by Crippen LogP contribution is -2.30. The molecule has 0 saturated carbocycles. The molecule has 0 fully saturated rings. The highest BCUT2D eigenvalue weighted by atomic mass is 35.5. The molecule has 2 rings (SSSR count). The number of benzene rings is 2. The van der Waals surface area contributed by atoms with E-state index < -0.39 is 17.8 Å². The molecule has 0 aliphatic carbocycles. The largest absolute Gasteiger partial charge is 0.388 e. The highest BCUT2D eigenvalue weighted by Gasteiger charge is 2.13. The van der Waals surface area contributed by atoms with Gasteiger partial charge in [0.15, 0.2) is 0 Å². The molecule has 0 aromatic heterocycles. The maximum absolute atomic E-state index is 13.2. The Kier molecular flexibility index (Phi) is 5.60. The molecule has 3 N–H and O–H groups in total. The topological polar surface area (TPSA) is 61.4 Å². The van der Waals surface area contributed by atoms with Gasteiger partial charge in [-0.2, -0.15) is 0 Å². The van der Waals surface area contributed by atoms with E-state index in [9.17, 15) is 14.3 Å². The van der Waals surface area contributed by atoms with Gasteiger partial charge in [-0.1, -0.05) is 35.3 Å². The van der Waals surface area contributed by atoms with Gasteiger partial charge in [-0.15, -0.1) is 0 Å². The van der Waals surface area contributed by atoms with Gasteiger partial charge in [0.25, 0.3) is 0 Å². The van der Waals surface area contributed by atoms with Crippen LogP contribution in [0, 0.1) is 5.82 Å². The molecule has 0 bridgehead atoms. The lowest BCUT2D eigenvalue weighted by atomic mass is 10.1. The molecule has 1 unspecified atom stereocenters. The molecular formula is C15H13Cl2FN2O2. The zero-order valence-electron chi connectivity index (χ0n) is 11.3. The van der Waals surface area contributed by atoms with Crippen LogP contribution in [0.1, 0.15) is 18.1 Å². The summed E-state index contributed by atoms with van der Waals surface area (Å²) < 4.78 is 13.2. The molecule has 1 atom stereocenters. The second kappa shape index (κ2) is 7.45. The van der Waals surface area contributed by atoms with E-state index in [2.05, 4.69) is 10.9 Å². The molecule has 2 aromatic rings. The number of nitrogens with one attached hydrogen (secondary N) is 2. The third kappa shape index (κ3) is 4.59. The number of hydrogen-bond acceptors (Lipinski definition) is 3. The van der Waals surface area contributed by atoms with E-state index in [0.717, 1.165) is 6.07 Å². The van der Waals surface area contributed by atoms with Crippen molar-refractivity contribution in [2.75, 3.05) is 5.43 Å². The van der Waals surface area contributed by atoms with Crippen molar-refractivity contribution in [3.63, 3.8) is 0 Å². The Hall–Kier alpha value is -1.82. The van der Waals surface area contributed by atoms with Crippen LogP contribution in [0.4, 0.5) is 10.1 Å². The van der Waals surface area contributed by atoms with E-state index in [-0.39, 0.29) is 11.4 Å². The van der Waals surface area contributed by atoms with Gasteiger partial charge >= 0.3 is 0 Å². The third-order valence-electron chi connectivity index (χ3n) is 2.90. The quantitative estimate of drug-likeness (QED) is 0.726. The first kappa shape index (κ1) is 16.5. The Morgan fingerprint density at radius 3 is 2.50 bits per heavy atom. The molecule has 2 aromatic carbocycles. The first-order chi connectivity index (χ1) is 10.5. The minimum absolute atomic E-state index is 0.00460. The van der Waals surface area contributed by atoms with Crippen molar-refractivity contribution in [2.24, 2.45) is 0 Å². The van der Waals surface area contributed by atoms with Crippen molar-refractivity contribution in [3.05, 3.63) is 63.9 Å². The standard InChI is InChI=1S/C15H13Cl2FN2O2/c16-10-3-1-9(2-4-10)14(21)8-15(22)20-19-11-5-6-12(17)13(18)7-11/h1-7,14,19,21H,8H2,(H,20,22). The van der Waals surface area contributed by atoms with Crippen LogP contribution >= 0.6 is 23.2 Å². The number of rotatable bonds is 5. The maximum atomic E-state index is 13.2. The lowest BCUT2D eigenvalue weighted by Gasteiger charge is -2.13. The number of carbonyl (C=O) groups excluding carboxylic acids is 1. The minimum atomic E-state index is -0.957. The van der Waals surface area contributed by atoms with E-state index in [0.29, 0.717) is 16.3 Å². The fraction of sp³-hybridized carbons (Fsp3) is 0.133. The number of aliphatic hydroxyl groups excluding tert-OH is 1. The number of aliphatic hydroxyl groups is 1. The Morgan fingerprint density at radius 1 is 1.18 bits per heavy atom. The molecule has 0 saturated heterocycles. The summed E-state index contributed by atoms with van der Waals surface area (Å²) in [6, 6.07) is 10.6. The summed E-state index contributed by atoms with van der Waals surface area (Å²) in [7, 11) is 0. The van der Waals surface area contributed by atoms with Gasteiger partial charge < -0.3 is 5.11 Å². The first-order valence-electron chi connectivity index (χ1n) is 6.39. The normalized spacial score (nSPS) is 11.8. The van der Waals surface area contributed by atoms with Crippen molar-refractivity contribution in [1.82, 2.24) is 5.43 Å². The fourth-order valence-electron chi connectivity index (χ4n) is 1.75. The van der Waals surface area contributed by atoms with Crippen LogP contribution in [-0.2, 0) is 4.79 Å². The molecule has 4 nitrogen and oxygen atoms in total. The summed E-state index contributed by atoms with van der Waals surface area (Å²) in [4.78, 5) is 11.7. The number of halogens is 3. The number of hydrogen-bond donors (Lipinski definition) is 3. The van der Waals surface area contributed by atoms with Crippen molar-refractivity contribution in [3.8, 4) is 0 Å². The number of amides is 1. The van der Waals surface area contributed by atoms with Crippen LogP contribution in [-0.4, -0.2) is 11.0 Å². The van der Waals surface area contributed by atoms with Crippen molar-refractivity contribution in [1.29, 1.82) is 0 Å². The van der Waals surface area contributed by atoms with Gasteiger partial charge in [-0.3, -0.25) is 15.6 Å². The second-order valence-electron chi connectivity index (χ2n) is 4.57. The SMILES string of the molecule is O=C(CC(O)c1ccc(Cl)cc1)NNc1ccc(Cl)c(F)c1. The summed E-state index contributed by atoms with van der Waals surface area (Å²) in [5.74, 6) is -1.04. The van der Waals surface area contributed by atoms with Crippen LogP contribution in [0.2, 0.25) is 10.0 Å². The smallest absolute Gasteiger partial charge is 0.241 e. The summed E-state index contributed by atoms with van der Waals surface area (Å²) in [6.45, 7) is 0. The highest BCUT2D eigenvalue weighted by molar-refractivity contribution is 6.31. The summed E-state index contributed by atoms with van der Waals surface area (Å²) in [5, 5.41) is 10.5. The average Bonchev–Trinajstić information content (AvgIpc) is 2.49. The second-order valence-corrected chi connectivity index (χ2v) is 5.42. The Morgan fingerprint density at radius 2 is 1.86 bits per heavy atom. The zero-order chi connectivity index (χ0) is 16.1. The highest BCUT2D eigenvalue weighted by Crippen LogP contribution is 2.20. The average molecular weight is 343 g/mol. The van der Waals surface area contributed by atoms with Crippen molar-refractivity contribution in [2.45, 2.75) is 12.5 Å². The first-order valence-corrected chi connectivity index (χ1v) is 7.15. The predicted octanol–water partition coefficient (Wildman–Crippen LogP) is 3.70. The Bertz CT molecular complexity index is 665. The zero-order valence-corrected chi connectivity index (χ0v) is 12.8. The molecule has 116 valence electrons. The monoisotopic (exact) mass is 342 g/mol. The minimum Gasteiger partial charge on any atom is -0.388 e. The van der Waals surface area contributed by atoms with E-state index >= 15 is 0 Å². The molecular weight excluding hydrogens is 330 g/mol. The van der Waals surface area contributed by atoms with E-state index in [1.807, 2.05) is 0 Å². The van der Waals surface area contributed by atoms with E-state index in [1.54, 1.807) is 24.3 Å². The van der Waals surface area contributed by atoms with Crippen LogP contribution < -0.4 is 10.9 Å². The van der Waals surface area contributed by atoms with Gasteiger partial charge in [0.2, 0.25) is 5.91 Å². The van der Waals surface area contributed by atoms with Crippen LogP contribution in [0.15, 0.2) is 42.5 Å². The molecule has 0 heterocycles. The van der Waals surface area contributed by atoms with E-state index in [4.69, 9.17) is 23.2 Å². The lowest BCUT2D eigenvalue weighted by molar-refractivity contribution is -0.122. The predicted molar refractivity (Wildman–Crippen MR) is 84.2 cm³/mol. The summed E-state index contributed by atoms with van der Waals surface area (Å²) in [6.07, 6.45) is -1.11. The Balaban J connectivity index is 1.87. The molecule has 22 heavy (non-hydrogen) atoms. The van der Waals surface area contributed by atoms with E-state index in [1.165, 1.54) is 12.1 Å². The molecule has 0 aliphatic heterocycles. The Labute approximate surface area is 136 Å². The van der Waals surface area contributed by atoms with Gasteiger partial charge in [0.05, 0.1) is 23.2 Å². The molecule has 0 spiro atoms. The third-order valence-corrected chi connectivity index (χ3v) is 3.46. The van der Waals surface area contributed by atoms with Gasteiger partial charge in [-0.05, 0) is 29.8 Å². The summed E-state index contributed by atoms with van der Waals surface area (Å²) in [5.41, 5.74) is 5.85. The van der Waals surface area contributed by atoms with Gasteiger partial charge in [0.1, 0.15) is 5.82 Å². The summed E-state index contributed by atoms with van der Waals surface area (Å²) >= 11 is 11.3. The molecule has 0 radical (unpaired) electrons. The maximum Gasteiger partial charge on any atom is 0.241 e. The van der Waals surface area contributed by atoms with Gasteiger partial charge in [-0.25, -0.2) is 4.39 Å². The van der Waals surface area contributed by atoms with Crippen LogP contribution in [0.25, 0.3) is 0 Å². The van der Waals surface area contributed by atoms with Crippen LogP contribution in [0.5, 0.6) is 0 Å². The molecule has 1 amide bonds. The van der Waals surface area contributed by atoms with Crippen molar-refractivity contribution < 1.29 is 14.3 Å². The molecule has 7 heteroatoms. The van der Waals surface area contributed by atoms with Gasteiger partial charge in [0, 0.05) is 11.1 Å². The van der Waals surface area contributed by atoms with Crippen LogP contribution in [0.3, 0.4) is 0 Å². The number of carbonyl (C=O) groups is 1. The number of anilines is 1. The number of hydrazine groups is 1.